The van der Waals surface area contributed by atoms with Crippen molar-refractivity contribution in [2.24, 2.45) is 0 Å². The van der Waals surface area contributed by atoms with Crippen molar-refractivity contribution < 1.29 is 4.79 Å². The van der Waals surface area contributed by atoms with E-state index in [2.05, 4.69) is 16.5 Å². The van der Waals surface area contributed by atoms with Crippen molar-refractivity contribution in [3.63, 3.8) is 0 Å². The molecule has 1 N–H and O–H groups in total. The predicted molar refractivity (Wildman–Crippen MR) is 113 cm³/mol. The zero-order valence-electron chi connectivity index (χ0n) is 15.9. The van der Waals surface area contributed by atoms with E-state index in [4.69, 9.17) is 0 Å². The number of rotatable bonds is 4. The molecule has 4 heteroatoms. The molecule has 0 fully saturated rings. The molecule has 138 valence electrons. The number of nitrogens with one attached hydrogen (secondary N) is 1. The highest BCUT2D eigenvalue weighted by atomic mass is 16.1. The molecule has 3 aromatic carbocycles. The molecule has 0 aliphatic rings. The number of hydrogen-bond acceptors (Lipinski definition) is 2. The Balaban J connectivity index is 1.79. The van der Waals surface area contributed by atoms with Gasteiger partial charge in [-0.3, -0.25) is 4.79 Å². The molecule has 0 saturated carbocycles. The van der Waals surface area contributed by atoms with Crippen LogP contribution in [0, 0.1) is 13.8 Å². The van der Waals surface area contributed by atoms with Crippen molar-refractivity contribution in [2.45, 2.75) is 13.8 Å². The molecule has 1 heterocycles. The third-order valence-electron chi connectivity index (χ3n) is 4.69. The third-order valence-corrected chi connectivity index (χ3v) is 4.69. The zero-order valence-corrected chi connectivity index (χ0v) is 15.9. The van der Waals surface area contributed by atoms with Crippen LogP contribution in [-0.4, -0.2) is 15.7 Å². The quantitative estimate of drug-likeness (QED) is 0.524. The molecule has 1 amide bonds. The van der Waals surface area contributed by atoms with Crippen LogP contribution in [0.25, 0.3) is 16.9 Å². The standard InChI is InChI=1S/C24H21N3O/c1-17-13-14-22(18(2)15-17)26-24(28)21-16-25-27(20-11-7-4-8-12-20)23(21)19-9-5-3-6-10-19/h3-16H,1-2H3,(H,26,28). The minimum absolute atomic E-state index is 0.173. The molecule has 0 saturated heterocycles. The summed E-state index contributed by atoms with van der Waals surface area (Å²) in [6.07, 6.45) is 1.63. The normalized spacial score (nSPS) is 10.6. The first-order valence-electron chi connectivity index (χ1n) is 9.21. The van der Waals surface area contributed by atoms with Crippen LogP contribution in [0.15, 0.2) is 85.1 Å². The van der Waals surface area contributed by atoms with E-state index in [0.29, 0.717) is 5.56 Å². The van der Waals surface area contributed by atoms with Crippen LogP contribution < -0.4 is 5.32 Å². The molecule has 1 aromatic heterocycles. The highest BCUT2D eigenvalue weighted by molar-refractivity contribution is 6.08. The average Bonchev–Trinajstić information content (AvgIpc) is 3.17. The van der Waals surface area contributed by atoms with Crippen LogP contribution in [0.1, 0.15) is 21.5 Å². The SMILES string of the molecule is Cc1ccc(NC(=O)c2cnn(-c3ccccc3)c2-c2ccccc2)c(C)c1. The number of nitrogens with zero attached hydrogens (tertiary/aromatic N) is 2. The van der Waals surface area contributed by atoms with Gasteiger partial charge >= 0.3 is 0 Å². The van der Waals surface area contributed by atoms with Crippen LogP contribution >= 0.6 is 0 Å². The van der Waals surface area contributed by atoms with E-state index in [1.54, 1.807) is 6.20 Å². The minimum Gasteiger partial charge on any atom is -0.322 e. The molecule has 4 nitrogen and oxygen atoms in total. The Labute approximate surface area is 164 Å². The summed E-state index contributed by atoms with van der Waals surface area (Å²) in [6, 6.07) is 25.7. The fourth-order valence-electron chi connectivity index (χ4n) is 3.30. The molecule has 0 spiro atoms. The highest BCUT2D eigenvalue weighted by Crippen LogP contribution is 2.28. The van der Waals surface area contributed by atoms with Gasteiger partial charge in [0.25, 0.3) is 5.91 Å². The van der Waals surface area contributed by atoms with Crippen molar-refractivity contribution >= 4 is 11.6 Å². The molecule has 0 unspecified atom stereocenters. The number of carbonyl (C=O) groups is 1. The predicted octanol–water partition coefficient (Wildman–Crippen LogP) is 5.41. The second-order valence-corrected chi connectivity index (χ2v) is 6.79. The van der Waals surface area contributed by atoms with Gasteiger partial charge in [-0.25, -0.2) is 4.68 Å². The third kappa shape index (κ3) is 3.45. The maximum Gasteiger partial charge on any atom is 0.259 e. The number of aromatic nitrogens is 2. The Kier molecular flexibility index (Phi) is 4.77. The van der Waals surface area contributed by atoms with E-state index in [-0.39, 0.29) is 5.91 Å². The number of benzene rings is 3. The van der Waals surface area contributed by atoms with Gasteiger partial charge in [-0.2, -0.15) is 5.10 Å². The van der Waals surface area contributed by atoms with Gasteiger partial charge in [0.2, 0.25) is 0 Å². The van der Waals surface area contributed by atoms with Crippen LogP contribution in [0.4, 0.5) is 5.69 Å². The molecular formula is C24H21N3O. The number of para-hydroxylation sites is 1. The number of amides is 1. The Morgan fingerprint density at radius 1 is 0.893 bits per heavy atom. The topological polar surface area (TPSA) is 46.9 Å². The summed E-state index contributed by atoms with van der Waals surface area (Å²) in [6.45, 7) is 4.03. The summed E-state index contributed by atoms with van der Waals surface area (Å²) < 4.78 is 1.81. The smallest absolute Gasteiger partial charge is 0.259 e. The summed E-state index contributed by atoms with van der Waals surface area (Å²) >= 11 is 0. The average molecular weight is 367 g/mol. The van der Waals surface area contributed by atoms with Crippen LogP contribution in [-0.2, 0) is 0 Å². The Morgan fingerprint density at radius 3 is 2.25 bits per heavy atom. The van der Waals surface area contributed by atoms with Crippen LogP contribution in [0.5, 0.6) is 0 Å². The van der Waals surface area contributed by atoms with Gasteiger partial charge in [0.1, 0.15) is 0 Å². The number of aryl methyl sites for hydroxylation is 2. The van der Waals surface area contributed by atoms with E-state index in [1.165, 1.54) is 0 Å². The van der Waals surface area contributed by atoms with Crippen molar-refractivity contribution in [3.8, 4) is 16.9 Å². The van der Waals surface area contributed by atoms with Crippen LogP contribution in [0.3, 0.4) is 0 Å². The van der Waals surface area contributed by atoms with Gasteiger partial charge < -0.3 is 5.32 Å². The molecule has 0 aliphatic heterocycles. The van der Waals surface area contributed by atoms with Gasteiger partial charge in [0.15, 0.2) is 0 Å². The van der Waals surface area contributed by atoms with E-state index in [0.717, 1.165) is 33.8 Å². The summed E-state index contributed by atoms with van der Waals surface area (Å²) in [5.41, 5.74) is 6.16. The lowest BCUT2D eigenvalue weighted by Gasteiger charge is -2.12. The Hall–Kier alpha value is -3.66. The fraction of sp³-hybridized carbons (Fsp3) is 0.0833. The Morgan fingerprint density at radius 2 is 1.57 bits per heavy atom. The van der Waals surface area contributed by atoms with Gasteiger partial charge in [-0.1, -0.05) is 66.2 Å². The first-order chi connectivity index (χ1) is 13.6. The zero-order chi connectivity index (χ0) is 19.5. The molecule has 28 heavy (non-hydrogen) atoms. The maximum atomic E-state index is 13.1. The van der Waals surface area contributed by atoms with Gasteiger partial charge in [-0.05, 0) is 37.6 Å². The second kappa shape index (κ2) is 7.53. The lowest BCUT2D eigenvalue weighted by molar-refractivity contribution is 0.102. The lowest BCUT2D eigenvalue weighted by atomic mass is 10.1. The largest absolute Gasteiger partial charge is 0.322 e. The molecule has 4 rings (SSSR count). The summed E-state index contributed by atoms with van der Waals surface area (Å²) in [5, 5.41) is 7.55. The Bertz CT molecular complexity index is 1120. The van der Waals surface area contributed by atoms with Crippen LogP contribution in [0.2, 0.25) is 0 Å². The monoisotopic (exact) mass is 367 g/mol. The van der Waals surface area contributed by atoms with Gasteiger partial charge in [-0.15, -0.1) is 0 Å². The van der Waals surface area contributed by atoms with E-state index < -0.39 is 0 Å². The summed E-state index contributed by atoms with van der Waals surface area (Å²) in [4.78, 5) is 13.1. The minimum atomic E-state index is -0.173. The molecule has 0 bridgehead atoms. The van der Waals surface area contributed by atoms with Gasteiger partial charge in [0.05, 0.1) is 23.1 Å². The maximum absolute atomic E-state index is 13.1. The molecule has 0 atom stereocenters. The summed E-state index contributed by atoms with van der Waals surface area (Å²) in [5.74, 6) is -0.173. The summed E-state index contributed by atoms with van der Waals surface area (Å²) in [7, 11) is 0. The molecule has 0 aliphatic carbocycles. The fourth-order valence-corrected chi connectivity index (χ4v) is 3.30. The first kappa shape index (κ1) is 17.7. The van der Waals surface area contributed by atoms with Crippen molar-refractivity contribution in [1.82, 2.24) is 9.78 Å². The van der Waals surface area contributed by atoms with Crippen molar-refractivity contribution in [1.29, 1.82) is 0 Å². The molecular weight excluding hydrogens is 346 g/mol. The number of hydrogen-bond donors (Lipinski definition) is 1. The highest BCUT2D eigenvalue weighted by Gasteiger charge is 2.20. The van der Waals surface area contributed by atoms with Gasteiger partial charge in [0, 0.05) is 11.3 Å². The molecule has 0 radical (unpaired) electrons. The number of carbonyl (C=O) groups excluding carboxylic acids is 1. The number of anilines is 1. The van der Waals surface area contributed by atoms with E-state index in [9.17, 15) is 4.79 Å². The lowest BCUT2D eigenvalue weighted by Crippen LogP contribution is -2.14. The van der Waals surface area contributed by atoms with E-state index >= 15 is 0 Å². The first-order valence-corrected chi connectivity index (χ1v) is 9.21. The van der Waals surface area contributed by atoms with E-state index in [1.807, 2.05) is 91.3 Å². The van der Waals surface area contributed by atoms with Crippen molar-refractivity contribution in [3.05, 3.63) is 102 Å². The van der Waals surface area contributed by atoms with Crippen molar-refractivity contribution in [2.75, 3.05) is 5.32 Å². The second-order valence-electron chi connectivity index (χ2n) is 6.79. The molecule has 4 aromatic rings.